The molecule has 4 nitrogen and oxygen atoms in total. The molecule has 58 valence electrons. The molecule has 0 aliphatic carbocycles. The van der Waals surface area contributed by atoms with Crippen LogP contribution in [0.25, 0.3) is 0 Å². The van der Waals surface area contributed by atoms with E-state index in [1.54, 1.807) is 0 Å². The predicted octanol–water partition coefficient (Wildman–Crippen LogP) is -4.26. The van der Waals surface area contributed by atoms with Crippen LogP contribution in [0.3, 0.4) is 0 Å². The first-order chi connectivity index (χ1) is 3.18. The number of halogens is 1. The van der Waals surface area contributed by atoms with Crippen molar-refractivity contribution >= 4 is 35.7 Å². The summed E-state index contributed by atoms with van der Waals surface area (Å²) in [5.74, 6) is -1.04. The van der Waals surface area contributed by atoms with Gasteiger partial charge in [-0.2, -0.15) is 5.26 Å². The molecule has 7 heteroatoms. The maximum Gasteiger partial charge on any atom is 1.00 e. The molecule has 10 heavy (non-hydrogen) atoms. The molecule has 0 amide bonds. The zero-order valence-electron chi connectivity index (χ0n) is 6.20. The van der Waals surface area contributed by atoms with E-state index < -0.39 is 12.1 Å². The van der Waals surface area contributed by atoms with Crippen molar-refractivity contribution in [3.05, 3.63) is 0 Å². The molecule has 0 fully saturated rings. The van der Waals surface area contributed by atoms with E-state index in [9.17, 15) is 4.79 Å². The number of carbonyl (C=O) groups excluding carboxylic acids is 1. The van der Waals surface area contributed by atoms with E-state index in [0.717, 1.165) is 0 Å². The molecule has 0 aromatic carbocycles. The number of rotatable bonds is 1. The van der Waals surface area contributed by atoms with E-state index in [1.165, 1.54) is 6.92 Å². The summed E-state index contributed by atoms with van der Waals surface area (Å²) in [5.41, 5.74) is 0. The van der Waals surface area contributed by atoms with Crippen molar-refractivity contribution in [3.8, 4) is 0 Å². The van der Waals surface area contributed by atoms with Crippen LogP contribution in [-0.4, -0.2) is 39.8 Å². The van der Waals surface area contributed by atoms with Crippen LogP contribution in [-0.2, 0) is 9.68 Å². The van der Waals surface area contributed by atoms with Gasteiger partial charge in [0, 0.05) is 0 Å². The Bertz CT molecular complexity index is 85.7. The summed E-state index contributed by atoms with van der Waals surface area (Å²) < 4.78 is 0. The van der Waals surface area contributed by atoms with Gasteiger partial charge in [-0.05, 0) is 6.92 Å². The van der Waals surface area contributed by atoms with Gasteiger partial charge in [0.05, 0.1) is 0 Å². The minimum Gasteiger partial charge on any atom is -1.00 e. The summed E-state index contributed by atoms with van der Waals surface area (Å²) in [5, 5.41) is 15.7. The van der Waals surface area contributed by atoms with Crippen molar-refractivity contribution in [2.45, 2.75) is 13.0 Å². The minimum absolute atomic E-state index is 0. The Morgan fingerprint density at radius 3 is 2.00 bits per heavy atom. The summed E-state index contributed by atoms with van der Waals surface area (Å²) in [7, 11) is 0. The fraction of sp³-hybridized carbons (Fsp3) is 0.667. The zero-order valence-corrected chi connectivity index (χ0v) is 8.01. The van der Waals surface area contributed by atoms with Crippen molar-refractivity contribution < 1.29 is 51.0 Å². The third-order valence-corrected chi connectivity index (χ3v) is 0.431. The maximum absolute atomic E-state index is 9.79. The van der Waals surface area contributed by atoms with Crippen LogP contribution in [0.2, 0.25) is 0 Å². The Labute approximate surface area is 99.2 Å². The van der Waals surface area contributed by atoms with Crippen LogP contribution in [0.1, 0.15) is 8.35 Å². The molecule has 0 heterocycles. The predicted molar refractivity (Wildman–Crippen MR) is 38.7 cm³/mol. The van der Waals surface area contributed by atoms with Crippen molar-refractivity contribution in [2.24, 2.45) is 0 Å². The number of hydrogen-bond donors (Lipinski definition) is 2. The maximum atomic E-state index is 9.79. The molecule has 1 atom stereocenters. The standard InChI is InChI=1S/C3H6O4.Al.ClH.Na.4H/c1-2(4)3(5)7-6;;;;;;;/h2,4,6H,1H3;;1H;;;;;/q;;;+1;;;;-1. The van der Waals surface area contributed by atoms with Crippen molar-refractivity contribution in [2.75, 3.05) is 0 Å². The SMILES string of the molecule is CC(O)C(=O)OO.Cl.[AlH3].[H-].[Na+]. The van der Waals surface area contributed by atoms with Gasteiger partial charge in [0.15, 0.2) is 23.5 Å². The van der Waals surface area contributed by atoms with Crippen LogP contribution in [0, 0.1) is 0 Å². The summed E-state index contributed by atoms with van der Waals surface area (Å²) in [4.78, 5) is 12.9. The quantitative estimate of drug-likeness (QED) is 0.253. The molecular weight excluding hydrogens is 185 g/mol. The first kappa shape index (κ1) is 22.5. The largest absolute Gasteiger partial charge is 1.00 e. The average Bonchev–Trinajstić information content (AvgIpc) is 1.65. The van der Waals surface area contributed by atoms with Gasteiger partial charge in [0.2, 0.25) is 0 Å². The first-order valence-electron chi connectivity index (χ1n) is 1.72. The fourth-order valence-electron chi connectivity index (χ4n) is 0.0763. The zero-order chi connectivity index (χ0) is 5.86. The van der Waals surface area contributed by atoms with Crippen molar-refractivity contribution in [1.29, 1.82) is 0 Å². The van der Waals surface area contributed by atoms with Gasteiger partial charge in [0.25, 0.3) is 0 Å². The van der Waals surface area contributed by atoms with E-state index in [4.69, 9.17) is 10.4 Å². The van der Waals surface area contributed by atoms with E-state index in [1.807, 2.05) is 0 Å². The number of aliphatic hydroxyl groups is 1. The van der Waals surface area contributed by atoms with Gasteiger partial charge in [-0.15, -0.1) is 12.4 Å². The number of carbonyl (C=O) groups is 1. The Morgan fingerprint density at radius 2 is 2.00 bits per heavy atom. The molecule has 0 aromatic rings. The van der Waals surface area contributed by atoms with Gasteiger partial charge < -0.3 is 6.53 Å². The van der Waals surface area contributed by atoms with Crippen LogP contribution >= 0.6 is 12.4 Å². The van der Waals surface area contributed by atoms with Crippen LogP contribution in [0.15, 0.2) is 0 Å². The molecule has 0 aliphatic rings. The van der Waals surface area contributed by atoms with E-state index in [0.29, 0.717) is 0 Å². The topological polar surface area (TPSA) is 66.8 Å². The van der Waals surface area contributed by atoms with Crippen molar-refractivity contribution in [3.63, 3.8) is 0 Å². The molecule has 0 radical (unpaired) electrons. The van der Waals surface area contributed by atoms with Crippen molar-refractivity contribution in [1.82, 2.24) is 0 Å². The monoisotopic (exact) mass is 196 g/mol. The minimum atomic E-state index is -1.25. The Balaban J connectivity index is -0.0000000300. The van der Waals surface area contributed by atoms with E-state index in [-0.39, 0.29) is 60.8 Å². The second kappa shape index (κ2) is 12.9. The third kappa shape index (κ3) is 11.9. The first-order valence-corrected chi connectivity index (χ1v) is 1.72. The second-order valence-corrected chi connectivity index (χ2v) is 1.09. The van der Waals surface area contributed by atoms with Crippen LogP contribution in [0.5, 0.6) is 0 Å². The Kier molecular flexibility index (Phi) is 28.9. The van der Waals surface area contributed by atoms with Crippen LogP contribution < -0.4 is 29.6 Å². The molecule has 2 N–H and O–H groups in total. The number of aliphatic hydroxyl groups excluding tert-OH is 1. The summed E-state index contributed by atoms with van der Waals surface area (Å²) in [6.45, 7) is 1.19. The summed E-state index contributed by atoms with van der Waals surface area (Å²) >= 11 is 0. The summed E-state index contributed by atoms with van der Waals surface area (Å²) in [6.07, 6.45) is -1.25. The summed E-state index contributed by atoms with van der Waals surface area (Å²) in [6, 6.07) is 0. The molecule has 0 spiro atoms. The molecular formula is C3H11AlClNaO4. The van der Waals surface area contributed by atoms with Gasteiger partial charge in [-0.1, -0.05) is 0 Å². The molecule has 0 bridgehead atoms. The Hall–Kier alpha value is 1.21. The molecule has 0 saturated heterocycles. The van der Waals surface area contributed by atoms with Gasteiger partial charge in [0.1, 0.15) is 0 Å². The second-order valence-electron chi connectivity index (χ2n) is 1.09. The molecule has 0 rings (SSSR count). The van der Waals surface area contributed by atoms with Crippen LogP contribution in [0.4, 0.5) is 0 Å². The third-order valence-electron chi connectivity index (χ3n) is 0.431. The Morgan fingerprint density at radius 1 is 1.70 bits per heavy atom. The molecule has 0 aliphatic heterocycles. The normalized spacial score (nSPS) is 9.10. The number of hydrogen-bond acceptors (Lipinski definition) is 4. The fourth-order valence-corrected chi connectivity index (χ4v) is 0.0763. The average molecular weight is 197 g/mol. The van der Waals surface area contributed by atoms with Gasteiger partial charge in [-0.25, -0.2) is 4.79 Å². The molecule has 0 saturated carbocycles. The molecule has 1 unspecified atom stereocenters. The van der Waals surface area contributed by atoms with E-state index in [2.05, 4.69) is 4.89 Å². The smallest absolute Gasteiger partial charge is 1.00 e. The van der Waals surface area contributed by atoms with Gasteiger partial charge >= 0.3 is 35.5 Å². The molecule has 0 aromatic heterocycles. The van der Waals surface area contributed by atoms with Gasteiger partial charge in [-0.3, -0.25) is 4.89 Å². The van der Waals surface area contributed by atoms with E-state index >= 15 is 0 Å².